The Morgan fingerprint density at radius 1 is 1.11 bits per heavy atom. The van der Waals surface area contributed by atoms with Gasteiger partial charge in [0, 0.05) is 17.0 Å². The zero-order valence-electron chi connectivity index (χ0n) is 11.3. The molecule has 2 N–H and O–H groups in total. The molecule has 0 saturated carbocycles. The van der Waals surface area contributed by atoms with Gasteiger partial charge < -0.3 is 5.73 Å². The first-order valence-corrected chi connectivity index (χ1v) is 6.64. The predicted molar refractivity (Wildman–Crippen MR) is 80.2 cm³/mol. The molecule has 2 heterocycles. The van der Waals surface area contributed by atoms with Crippen LogP contribution >= 0.6 is 0 Å². The summed E-state index contributed by atoms with van der Waals surface area (Å²) < 4.78 is 0. The summed E-state index contributed by atoms with van der Waals surface area (Å²) in [5.74, 6) is 0.547. The Morgan fingerprint density at radius 2 is 1.95 bits per heavy atom. The molecule has 1 aromatic carbocycles. The SMILES string of the molecule is CCCc1c(C)c2cccnc2c2nc(N)ccc12. The summed E-state index contributed by atoms with van der Waals surface area (Å²) in [6.07, 6.45) is 3.98. The molecule has 0 bridgehead atoms. The predicted octanol–water partition coefficient (Wildman–Crippen LogP) is 3.63. The molecular formula is C16H17N3. The van der Waals surface area contributed by atoms with E-state index in [0.717, 1.165) is 23.9 Å². The van der Waals surface area contributed by atoms with Crippen molar-refractivity contribution in [1.29, 1.82) is 0 Å². The summed E-state index contributed by atoms with van der Waals surface area (Å²) in [7, 11) is 0. The zero-order chi connectivity index (χ0) is 13.4. The van der Waals surface area contributed by atoms with Crippen LogP contribution in [0.15, 0.2) is 30.5 Å². The minimum atomic E-state index is 0.547. The summed E-state index contributed by atoms with van der Waals surface area (Å²) >= 11 is 0. The van der Waals surface area contributed by atoms with Crippen molar-refractivity contribution >= 4 is 27.6 Å². The molecule has 19 heavy (non-hydrogen) atoms. The van der Waals surface area contributed by atoms with Gasteiger partial charge in [-0.15, -0.1) is 0 Å². The number of aromatic nitrogens is 2. The van der Waals surface area contributed by atoms with E-state index in [-0.39, 0.29) is 0 Å². The number of rotatable bonds is 2. The normalized spacial score (nSPS) is 11.3. The third kappa shape index (κ3) is 1.82. The molecule has 0 aliphatic heterocycles. The fraction of sp³-hybridized carbons (Fsp3) is 0.250. The minimum Gasteiger partial charge on any atom is -0.384 e. The summed E-state index contributed by atoms with van der Waals surface area (Å²) in [4.78, 5) is 9.00. The molecule has 0 saturated heterocycles. The van der Waals surface area contributed by atoms with Crippen LogP contribution in [0.25, 0.3) is 21.8 Å². The van der Waals surface area contributed by atoms with Crippen LogP contribution in [0.5, 0.6) is 0 Å². The van der Waals surface area contributed by atoms with Crippen LogP contribution in [0, 0.1) is 6.92 Å². The van der Waals surface area contributed by atoms with E-state index in [2.05, 4.69) is 35.9 Å². The van der Waals surface area contributed by atoms with Crippen LogP contribution in [0.1, 0.15) is 24.5 Å². The monoisotopic (exact) mass is 251 g/mol. The first-order chi connectivity index (χ1) is 9.22. The summed E-state index contributed by atoms with van der Waals surface area (Å²) in [6, 6.07) is 8.03. The molecule has 0 atom stereocenters. The van der Waals surface area contributed by atoms with Gasteiger partial charge in [0.1, 0.15) is 5.82 Å². The van der Waals surface area contributed by atoms with Gasteiger partial charge >= 0.3 is 0 Å². The summed E-state index contributed by atoms with van der Waals surface area (Å²) in [5, 5.41) is 2.36. The van der Waals surface area contributed by atoms with E-state index in [1.807, 2.05) is 18.3 Å². The number of nitrogens with zero attached hydrogens (tertiary/aromatic N) is 2. The molecule has 0 unspecified atom stereocenters. The Kier molecular flexibility index (Phi) is 2.82. The second-order valence-electron chi connectivity index (χ2n) is 4.89. The average Bonchev–Trinajstić information content (AvgIpc) is 2.44. The van der Waals surface area contributed by atoms with Gasteiger partial charge in [-0.3, -0.25) is 4.98 Å². The lowest BCUT2D eigenvalue weighted by molar-refractivity contribution is 0.923. The second kappa shape index (κ2) is 4.50. The van der Waals surface area contributed by atoms with E-state index >= 15 is 0 Å². The molecule has 3 aromatic rings. The number of hydrogen-bond acceptors (Lipinski definition) is 3. The molecule has 2 aromatic heterocycles. The highest BCUT2D eigenvalue weighted by Gasteiger charge is 2.12. The standard InChI is InChI=1S/C16H17N3/c1-3-5-11-10(2)12-6-4-9-18-15(12)16-13(11)7-8-14(17)19-16/h4,6-9H,3,5H2,1-2H3,(H2,17,19). The zero-order valence-corrected chi connectivity index (χ0v) is 11.3. The molecule has 0 radical (unpaired) electrons. The molecular weight excluding hydrogens is 234 g/mol. The van der Waals surface area contributed by atoms with Crippen LogP contribution < -0.4 is 5.73 Å². The highest BCUT2D eigenvalue weighted by Crippen LogP contribution is 2.31. The van der Waals surface area contributed by atoms with E-state index in [4.69, 9.17) is 5.73 Å². The first kappa shape index (κ1) is 11.9. The first-order valence-electron chi connectivity index (χ1n) is 6.64. The van der Waals surface area contributed by atoms with Crippen molar-refractivity contribution in [2.75, 3.05) is 5.73 Å². The summed E-state index contributed by atoms with van der Waals surface area (Å²) in [5.41, 5.74) is 10.4. The van der Waals surface area contributed by atoms with Gasteiger partial charge in [-0.2, -0.15) is 0 Å². The van der Waals surface area contributed by atoms with Gasteiger partial charge in [0.25, 0.3) is 0 Å². The topological polar surface area (TPSA) is 51.8 Å². The lowest BCUT2D eigenvalue weighted by Crippen LogP contribution is -1.98. The number of anilines is 1. The molecule has 0 amide bonds. The van der Waals surface area contributed by atoms with Gasteiger partial charge in [-0.05, 0) is 42.7 Å². The highest BCUT2D eigenvalue weighted by atomic mass is 14.8. The fourth-order valence-corrected chi connectivity index (χ4v) is 2.73. The van der Waals surface area contributed by atoms with Crippen molar-refractivity contribution < 1.29 is 0 Å². The molecule has 3 rings (SSSR count). The number of aryl methyl sites for hydroxylation is 2. The van der Waals surface area contributed by atoms with Gasteiger partial charge in [0.2, 0.25) is 0 Å². The maximum absolute atomic E-state index is 5.84. The third-order valence-electron chi connectivity index (χ3n) is 3.63. The third-order valence-corrected chi connectivity index (χ3v) is 3.63. The van der Waals surface area contributed by atoms with Crippen molar-refractivity contribution in [2.24, 2.45) is 0 Å². The molecule has 0 aliphatic carbocycles. The van der Waals surface area contributed by atoms with E-state index < -0.39 is 0 Å². The van der Waals surface area contributed by atoms with E-state index in [1.54, 1.807) is 0 Å². The van der Waals surface area contributed by atoms with E-state index in [1.165, 1.54) is 21.9 Å². The lowest BCUT2D eigenvalue weighted by Gasteiger charge is -2.13. The minimum absolute atomic E-state index is 0.547. The van der Waals surface area contributed by atoms with Crippen molar-refractivity contribution in [3.63, 3.8) is 0 Å². The van der Waals surface area contributed by atoms with Gasteiger partial charge in [0.15, 0.2) is 0 Å². The van der Waals surface area contributed by atoms with Crippen molar-refractivity contribution in [2.45, 2.75) is 26.7 Å². The Bertz CT molecular complexity index is 763. The van der Waals surface area contributed by atoms with Gasteiger partial charge in [-0.1, -0.05) is 19.4 Å². The van der Waals surface area contributed by atoms with Crippen molar-refractivity contribution in [1.82, 2.24) is 9.97 Å². The van der Waals surface area contributed by atoms with E-state index in [9.17, 15) is 0 Å². The number of hydrogen-bond donors (Lipinski definition) is 1. The average molecular weight is 251 g/mol. The highest BCUT2D eigenvalue weighted by molar-refractivity contribution is 6.06. The Hall–Kier alpha value is -2.16. The number of pyridine rings is 2. The smallest absolute Gasteiger partial charge is 0.124 e. The van der Waals surface area contributed by atoms with Crippen molar-refractivity contribution in [3.8, 4) is 0 Å². The Balaban J connectivity index is 2.54. The lowest BCUT2D eigenvalue weighted by atomic mass is 9.94. The number of fused-ring (bicyclic) bond motifs is 3. The number of benzene rings is 1. The molecule has 0 aliphatic rings. The number of nitrogen functional groups attached to an aromatic ring is 1. The molecule has 0 spiro atoms. The van der Waals surface area contributed by atoms with Crippen LogP contribution in [0.4, 0.5) is 5.82 Å². The molecule has 0 fully saturated rings. The summed E-state index contributed by atoms with van der Waals surface area (Å²) in [6.45, 7) is 4.37. The Morgan fingerprint density at radius 3 is 2.74 bits per heavy atom. The van der Waals surface area contributed by atoms with Crippen LogP contribution in [0.3, 0.4) is 0 Å². The Labute approximate surface area is 112 Å². The largest absolute Gasteiger partial charge is 0.384 e. The van der Waals surface area contributed by atoms with Crippen molar-refractivity contribution in [3.05, 3.63) is 41.6 Å². The quantitative estimate of drug-likeness (QED) is 0.708. The molecule has 96 valence electrons. The maximum Gasteiger partial charge on any atom is 0.124 e. The molecule has 3 nitrogen and oxygen atoms in total. The maximum atomic E-state index is 5.84. The second-order valence-corrected chi connectivity index (χ2v) is 4.89. The van der Waals surface area contributed by atoms with Crippen LogP contribution in [-0.2, 0) is 6.42 Å². The van der Waals surface area contributed by atoms with Crippen LogP contribution in [-0.4, -0.2) is 9.97 Å². The number of nitrogens with two attached hydrogens (primary N) is 1. The molecule has 3 heteroatoms. The van der Waals surface area contributed by atoms with Crippen LogP contribution in [0.2, 0.25) is 0 Å². The van der Waals surface area contributed by atoms with E-state index in [0.29, 0.717) is 5.82 Å². The van der Waals surface area contributed by atoms with Gasteiger partial charge in [0.05, 0.1) is 11.0 Å². The van der Waals surface area contributed by atoms with Gasteiger partial charge in [-0.25, -0.2) is 4.98 Å². The fourth-order valence-electron chi connectivity index (χ4n) is 2.73.